The highest BCUT2D eigenvalue weighted by molar-refractivity contribution is 7.89. The van der Waals surface area contributed by atoms with Crippen molar-refractivity contribution in [2.75, 3.05) is 5.32 Å². The molecule has 0 bridgehead atoms. The van der Waals surface area contributed by atoms with E-state index in [0.717, 1.165) is 0 Å². The molecule has 0 saturated heterocycles. The van der Waals surface area contributed by atoms with Crippen LogP contribution in [0.5, 0.6) is 0 Å². The minimum absolute atomic E-state index is 0.0214. The fraction of sp³-hybridized carbons (Fsp3) is 0.250. The molecule has 0 saturated carbocycles. The monoisotopic (exact) mass is 327 g/mol. The molecule has 21 heavy (non-hydrogen) atoms. The van der Waals surface area contributed by atoms with Crippen LogP contribution in [0.25, 0.3) is 0 Å². The summed E-state index contributed by atoms with van der Waals surface area (Å²) in [5, 5.41) is 2.85. The van der Waals surface area contributed by atoms with E-state index >= 15 is 0 Å². The van der Waals surface area contributed by atoms with Gasteiger partial charge in [0.15, 0.2) is 0 Å². The number of anilines is 2. The Morgan fingerprint density at radius 1 is 1.19 bits per heavy atom. The predicted octanol–water partition coefficient (Wildman–Crippen LogP) is 1.96. The zero-order chi connectivity index (χ0) is 15.5. The van der Waals surface area contributed by atoms with Crippen molar-refractivity contribution in [1.29, 1.82) is 0 Å². The second-order valence-electron chi connectivity index (χ2n) is 4.48. The fourth-order valence-electron chi connectivity index (χ4n) is 1.64. The van der Waals surface area contributed by atoms with E-state index < -0.39 is 10.0 Å². The van der Waals surface area contributed by atoms with Crippen molar-refractivity contribution < 1.29 is 8.42 Å². The SMILES string of the molecule is CC(C)NS(=O)(=O)c1ccccc1Nc1ncnc(Cl)n1. The third kappa shape index (κ3) is 4.10. The summed E-state index contributed by atoms with van der Waals surface area (Å²) < 4.78 is 27.1. The molecular weight excluding hydrogens is 314 g/mol. The van der Waals surface area contributed by atoms with Gasteiger partial charge in [-0.1, -0.05) is 12.1 Å². The summed E-state index contributed by atoms with van der Waals surface area (Å²) in [6, 6.07) is 6.25. The summed E-state index contributed by atoms with van der Waals surface area (Å²) >= 11 is 5.68. The van der Waals surface area contributed by atoms with Gasteiger partial charge >= 0.3 is 0 Å². The van der Waals surface area contributed by atoms with E-state index in [-0.39, 0.29) is 22.2 Å². The van der Waals surface area contributed by atoms with Gasteiger partial charge in [0.1, 0.15) is 11.2 Å². The number of halogens is 1. The van der Waals surface area contributed by atoms with Crippen LogP contribution in [-0.2, 0) is 10.0 Å². The van der Waals surface area contributed by atoms with E-state index in [4.69, 9.17) is 11.6 Å². The average Bonchev–Trinajstić information content (AvgIpc) is 2.37. The molecule has 0 amide bonds. The number of para-hydroxylation sites is 1. The van der Waals surface area contributed by atoms with Gasteiger partial charge in [0.05, 0.1) is 5.69 Å². The summed E-state index contributed by atoms with van der Waals surface area (Å²) in [4.78, 5) is 11.5. The van der Waals surface area contributed by atoms with Gasteiger partial charge in [0.2, 0.25) is 21.3 Å². The molecule has 0 aliphatic heterocycles. The largest absolute Gasteiger partial charge is 0.323 e. The van der Waals surface area contributed by atoms with Gasteiger partial charge in [-0.05, 0) is 37.6 Å². The summed E-state index contributed by atoms with van der Waals surface area (Å²) in [6.45, 7) is 3.50. The first-order valence-electron chi connectivity index (χ1n) is 6.11. The van der Waals surface area contributed by atoms with Gasteiger partial charge in [-0.2, -0.15) is 4.98 Å². The van der Waals surface area contributed by atoms with Crippen LogP contribution >= 0.6 is 11.6 Å². The molecule has 0 aliphatic carbocycles. The summed E-state index contributed by atoms with van der Waals surface area (Å²) in [5.74, 6) is 0.169. The number of nitrogens with one attached hydrogen (secondary N) is 2. The van der Waals surface area contributed by atoms with Crippen molar-refractivity contribution in [3.63, 3.8) is 0 Å². The first-order valence-corrected chi connectivity index (χ1v) is 7.97. The van der Waals surface area contributed by atoms with Crippen LogP contribution in [0.4, 0.5) is 11.6 Å². The first-order chi connectivity index (χ1) is 9.88. The number of sulfonamides is 1. The second kappa shape index (κ2) is 6.33. The van der Waals surface area contributed by atoms with E-state index in [0.29, 0.717) is 5.69 Å². The lowest BCUT2D eigenvalue weighted by molar-refractivity contribution is 0.570. The van der Waals surface area contributed by atoms with Crippen molar-refractivity contribution in [2.45, 2.75) is 24.8 Å². The molecule has 9 heteroatoms. The van der Waals surface area contributed by atoms with Crippen molar-refractivity contribution in [1.82, 2.24) is 19.7 Å². The van der Waals surface area contributed by atoms with E-state index in [2.05, 4.69) is 25.0 Å². The molecule has 0 spiro atoms. The highest BCUT2D eigenvalue weighted by Crippen LogP contribution is 2.23. The standard InChI is InChI=1S/C12H14ClN5O2S/c1-8(2)18-21(19,20)10-6-4-3-5-9(10)16-12-15-7-14-11(13)17-12/h3-8,18H,1-2H3,(H,14,15,16,17). The fourth-order valence-corrected chi connectivity index (χ4v) is 3.17. The maximum absolute atomic E-state index is 12.3. The van der Waals surface area contributed by atoms with Crippen molar-refractivity contribution in [3.05, 3.63) is 35.9 Å². The third-order valence-electron chi connectivity index (χ3n) is 2.36. The molecule has 7 nitrogen and oxygen atoms in total. The van der Waals surface area contributed by atoms with Crippen LogP contribution in [0.15, 0.2) is 35.5 Å². The van der Waals surface area contributed by atoms with E-state index in [1.54, 1.807) is 32.0 Å². The van der Waals surface area contributed by atoms with Crippen LogP contribution < -0.4 is 10.0 Å². The van der Waals surface area contributed by atoms with Crippen molar-refractivity contribution >= 4 is 33.3 Å². The van der Waals surface area contributed by atoms with E-state index in [1.165, 1.54) is 12.4 Å². The maximum Gasteiger partial charge on any atom is 0.242 e. The van der Waals surface area contributed by atoms with E-state index in [9.17, 15) is 8.42 Å². The van der Waals surface area contributed by atoms with Crippen LogP contribution in [0.1, 0.15) is 13.8 Å². The summed E-state index contributed by atoms with van der Waals surface area (Å²) in [7, 11) is -3.64. The molecule has 2 rings (SSSR count). The molecule has 0 aliphatic rings. The molecule has 0 radical (unpaired) electrons. The van der Waals surface area contributed by atoms with E-state index in [1.807, 2.05) is 0 Å². The average molecular weight is 328 g/mol. The zero-order valence-electron chi connectivity index (χ0n) is 11.4. The third-order valence-corrected chi connectivity index (χ3v) is 4.26. The normalized spacial score (nSPS) is 11.6. The Morgan fingerprint density at radius 3 is 2.57 bits per heavy atom. The molecule has 1 aromatic heterocycles. The number of aromatic nitrogens is 3. The lowest BCUT2D eigenvalue weighted by Crippen LogP contribution is -2.30. The Morgan fingerprint density at radius 2 is 1.90 bits per heavy atom. The number of hydrogen-bond donors (Lipinski definition) is 2. The Labute approximate surface area is 127 Å². The molecule has 1 heterocycles. The minimum Gasteiger partial charge on any atom is -0.323 e. The highest BCUT2D eigenvalue weighted by atomic mass is 35.5. The minimum atomic E-state index is -3.64. The molecular formula is C12H14ClN5O2S. The van der Waals surface area contributed by atoms with Gasteiger partial charge in [0, 0.05) is 6.04 Å². The molecule has 2 N–H and O–H groups in total. The lowest BCUT2D eigenvalue weighted by atomic mass is 10.3. The molecule has 1 aromatic carbocycles. The summed E-state index contributed by atoms with van der Waals surface area (Å²) in [5.41, 5.74) is 0.355. The summed E-state index contributed by atoms with van der Waals surface area (Å²) in [6.07, 6.45) is 1.24. The highest BCUT2D eigenvalue weighted by Gasteiger charge is 2.19. The van der Waals surface area contributed by atoms with Crippen molar-refractivity contribution in [2.24, 2.45) is 0 Å². The molecule has 0 fully saturated rings. The number of rotatable bonds is 5. The Balaban J connectivity index is 2.38. The quantitative estimate of drug-likeness (QED) is 0.871. The number of hydrogen-bond acceptors (Lipinski definition) is 6. The van der Waals surface area contributed by atoms with Gasteiger partial charge in [-0.3, -0.25) is 0 Å². The predicted molar refractivity (Wildman–Crippen MR) is 80.0 cm³/mol. The second-order valence-corrected chi connectivity index (χ2v) is 6.50. The topological polar surface area (TPSA) is 96.9 Å². The van der Waals surface area contributed by atoms with Crippen LogP contribution in [0.2, 0.25) is 5.28 Å². The Hall–Kier alpha value is -1.77. The maximum atomic E-state index is 12.3. The van der Waals surface area contributed by atoms with Gasteiger partial charge in [0.25, 0.3) is 0 Å². The number of nitrogens with zero attached hydrogens (tertiary/aromatic N) is 3. The van der Waals surface area contributed by atoms with Crippen LogP contribution in [0.3, 0.4) is 0 Å². The molecule has 0 atom stereocenters. The Kier molecular flexibility index (Phi) is 4.71. The smallest absolute Gasteiger partial charge is 0.242 e. The molecule has 0 unspecified atom stereocenters. The van der Waals surface area contributed by atoms with Crippen LogP contribution in [-0.4, -0.2) is 29.4 Å². The van der Waals surface area contributed by atoms with Gasteiger partial charge in [-0.15, -0.1) is 0 Å². The Bertz CT molecular complexity index is 736. The van der Waals surface area contributed by atoms with Crippen molar-refractivity contribution in [3.8, 4) is 0 Å². The van der Waals surface area contributed by atoms with Gasteiger partial charge in [-0.25, -0.2) is 23.1 Å². The van der Waals surface area contributed by atoms with Gasteiger partial charge < -0.3 is 5.32 Å². The first kappa shape index (κ1) is 15.6. The lowest BCUT2D eigenvalue weighted by Gasteiger charge is -2.13. The number of benzene rings is 1. The van der Waals surface area contributed by atoms with Crippen LogP contribution in [0, 0.1) is 0 Å². The zero-order valence-corrected chi connectivity index (χ0v) is 13.0. The molecule has 2 aromatic rings. The molecule has 112 valence electrons.